The Hall–Kier alpha value is -1.49. The first-order valence-corrected chi connectivity index (χ1v) is 4.49. The van der Waals surface area contributed by atoms with Gasteiger partial charge in [0.2, 0.25) is 0 Å². The van der Waals surface area contributed by atoms with Crippen molar-refractivity contribution in [1.29, 1.82) is 0 Å². The number of aliphatic hydroxyl groups excluding tert-OH is 1. The van der Waals surface area contributed by atoms with Gasteiger partial charge in [0.15, 0.2) is 0 Å². The van der Waals surface area contributed by atoms with Crippen molar-refractivity contribution in [3.8, 4) is 0 Å². The predicted molar refractivity (Wildman–Crippen MR) is 50.4 cm³/mol. The summed E-state index contributed by atoms with van der Waals surface area (Å²) in [5.74, 6) is -2.23. The van der Waals surface area contributed by atoms with E-state index in [-0.39, 0.29) is 18.7 Å². The largest absolute Gasteiger partial charge is 0.396 e. The monoisotopic (exact) mass is 215 g/mol. The Morgan fingerprint density at radius 2 is 2.13 bits per heavy atom. The van der Waals surface area contributed by atoms with Crippen LogP contribution in [-0.2, 0) is 0 Å². The zero-order valence-corrected chi connectivity index (χ0v) is 7.96. The molecule has 0 aliphatic rings. The van der Waals surface area contributed by atoms with Gasteiger partial charge < -0.3 is 10.4 Å². The van der Waals surface area contributed by atoms with Gasteiger partial charge in [0.1, 0.15) is 11.6 Å². The van der Waals surface area contributed by atoms with Crippen molar-refractivity contribution >= 4 is 5.91 Å². The summed E-state index contributed by atoms with van der Waals surface area (Å²) >= 11 is 0. The molecule has 0 bridgehead atoms. The van der Waals surface area contributed by atoms with Gasteiger partial charge in [0.25, 0.3) is 5.91 Å². The van der Waals surface area contributed by atoms with Crippen LogP contribution in [0.25, 0.3) is 0 Å². The predicted octanol–water partition coefficient (Wildman–Crippen LogP) is 1.08. The summed E-state index contributed by atoms with van der Waals surface area (Å²) in [6.45, 7) is 0.207. The van der Waals surface area contributed by atoms with Crippen molar-refractivity contribution in [2.24, 2.45) is 0 Å². The van der Waals surface area contributed by atoms with E-state index >= 15 is 0 Å². The molecule has 15 heavy (non-hydrogen) atoms. The third-order valence-electron chi connectivity index (χ3n) is 1.80. The maximum Gasteiger partial charge on any atom is 0.254 e. The van der Waals surface area contributed by atoms with Gasteiger partial charge >= 0.3 is 0 Å². The quantitative estimate of drug-likeness (QED) is 0.738. The highest BCUT2D eigenvalue weighted by atomic mass is 19.1. The van der Waals surface area contributed by atoms with Crippen LogP contribution in [0.15, 0.2) is 18.2 Å². The molecular formula is C10H11F2NO2. The van der Waals surface area contributed by atoms with Crippen molar-refractivity contribution < 1.29 is 18.7 Å². The highest BCUT2D eigenvalue weighted by molar-refractivity contribution is 5.94. The molecule has 0 unspecified atom stereocenters. The average Bonchev–Trinajstić information content (AvgIpc) is 2.17. The molecule has 1 amide bonds. The molecule has 3 nitrogen and oxygen atoms in total. The third kappa shape index (κ3) is 3.28. The molecule has 1 aromatic rings. The number of hydrogen-bond acceptors (Lipinski definition) is 2. The summed E-state index contributed by atoms with van der Waals surface area (Å²) < 4.78 is 25.6. The van der Waals surface area contributed by atoms with Crippen LogP contribution in [0.3, 0.4) is 0 Å². The number of rotatable bonds is 4. The molecule has 1 aromatic carbocycles. The second-order valence-corrected chi connectivity index (χ2v) is 2.96. The van der Waals surface area contributed by atoms with E-state index in [0.717, 1.165) is 12.1 Å². The number of amides is 1. The lowest BCUT2D eigenvalue weighted by Gasteiger charge is -2.04. The van der Waals surface area contributed by atoms with Crippen LogP contribution in [0.5, 0.6) is 0 Å². The van der Waals surface area contributed by atoms with Gasteiger partial charge in [-0.05, 0) is 18.6 Å². The van der Waals surface area contributed by atoms with Crippen LogP contribution < -0.4 is 5.32 Å². The highest BCUT2D eigenvalue weighted by Gasteiger charge is 2.11. The van der Waals surface area contributed by atoms with Crippen LogP contribution >= 0.6 is 0 Å². The summed E-state index contributed by atoms with van der Waals surface area (Å²) in [5.41, 5.74) is -0.200. The van der Waals surface area contributed by atoms with Crippen LogP contribution in [-0.4, -0.2) is 24.2 Å². The standard InChI is InChI=1S/C10H11F2NO2/c11-7-2-3-8(9(12)6-7)10(15)13-4-1-5-14/h2-3,6,14H,1,4-5H2,(H,13,15). The maximum absolute atomic E-state index is 13.1. The molecule has 0 heterocycles. The minimum Gasteiger partial charge on any atom is -0.396 e. The van der Waals surface area contributed by atoms with E-state index in [0.29, 0.717) is 12.5 Å². The highest BCUT2D eigenvalue weighted by Crippen LogP contribution is 2.08. The van der Waals surface area contributed by atoms with Gasteiger partial charge in [-0.1, -0.05) is 0 Å². The van der Waals surface area contributed by atoms with Crippen LogP contribution in [0.4, 0.5) is 8.78 Å². The lowest BCUT2D eigenvalue weighted by molar-refractivity contribution is 0.0947. The fraction of sp³-hybridized carbons (Fsp3) is 0.300. The fourth-order valence-corrected chi connectivity index (χ4v) is 1.05. The molecule has 0 aromatic heterocycles. The molecule has 0 aliphatic carbocycles. The number of hydrogen-bond donors (Lipinski definition) is 2. The minimum atomic E-state index is -0.892. The van der Waals surface area contributed by atoms with E-state index in [1.807, 2.05) is 0 Å². The second kappa shape index (κ2) is 5.41. The normalized spacial score (nSPS) is 10.1. The third-order valence-corrected chi connectivity index (χ3v) is 1.80. The number of nitrogens with one attached hydrogen (secondary N) is 1. The second-order valence-electron chi connectivity index (χ2n) is 2.96. The molecule has 0 saturated heterocycles. The molecular weight excluding hydrogens is 204 g/mol. The fourth-order valence-electron chi connectivity index (χ4n) is 1.05. The van der Waals surface area contributed by atoms with Crippen molar-refractivity contribution in [2.45, 2.75) is 6.42 Å². The lowest BCUT2D eigenvalue weighted by Crippen LogP contribution is -2.25. The molecule has 1 rings (SSSR count). The van der Waals surface area contributed by atoms with Crippen molar-refractivity contribution in [2.75, 3.05) is 13.2 Å². The Morgan fingerprint density at radius 1 is 1.40 bits per heavy atom. The number of halogens is 2. The minimum absolute atomic E-state index is 0.0494. The van der Waals surface area contributed by atoms with Crippen molar-refractivity contribution in [3.05, 3.63) is 35.4 Å². The topological polar surface area (TPSA) is 49.3 Å². The van der Waals surface area contributed by atoms with E-state index in [1.54, 1.807) is 0 Å². The first-order chi connectivity index (χ1) is 7.15. The van der Waals surface area contributed by atoms with Gasteiger partial charge in [-0.15, -0.1) is 0 Å². The number of carbonyl (C=O) groups excluding carboxylic acids is 1. The van der Waals surface area contributed by atoms with E-state index in [1.165, 1.54) is 0 Å². The number of carbonyl (C=O) groups is 1. The first-order valence-electron chi connectivity index (χ1n) is 4.49. The Labute approximate surface area is 85.7 Å². The summed E-state index contributed by atoms with van der Waals surface area (Å²) in [7, 11) is 0. The van der Waals surface area contributed by atoms with E-state index in [9.17, 15) is 13.6 Å². The summed E-state index contributed by atoms with van der Waals surface area (Å²) in [6.07, 6.45) is 0.397. The van der Waals surface area contributed by atoms with Crippen molar-refractivity contribution in [3.63, 3.8) is 0 Å². The Bertz CT molecular complexity index is 355. The number of benzene rings is 1. The molecule has 0 radical (unpaired) electrons. The average molecular weight is 215 g/mol. The molecule has 2 N–H and O–H groups in total. The smallest absolute Gasteiger partial charge is 0.254 e. The van der Waals surface area contributed by atoms with Gasteiger partial charge in [-0.3, -0.25) is 4.79 Å². The zero-order valence-electron chi connectivity index (χ0n) is 7.96. The van der Waals surface area contributed by atoms with Crippen LogP contribution in [0.1, 0.15) is 16.8 Å². The van der Waals surface area contributed by atoms with Gasteiger partial charge in [0, 0.05) is 19.2 Å². The molecule has 0 atom stereocenters. The Morgan fingerprint density at radius 3 is 2.73 bits per heavy atom. The maximum atomic E-state index is 13.1. The SMILES string of the molecule is O=C(NCCCO)c1ccc(F)cc1F. The number of aliphatic hydroxyl groups is 1. The lowest BCUT2D eigenvalue weighted by atomic mass is 10.2. The van der Waals surface area contributed by atoms with E-state index in [2.05, 4.69) is 5.32 Å². The summed E-state index contributed by atoms with van der Waals surface area (Å²) in [6, 6.07) is 2.75. The van der Waals surface area contributed by atoms with Gasteiger partial charge in [-0.2, -0.15) is 0 Å². The molecule has 0 aliphatic heterocycles. The van der Waals surface area contributed by atoms with E-state index < -0.39 is 17.5 Å². The summed E-state index contributed by atoms with van der Waals surface area (Å²) in [5, 5.41) is 10.9. The van der Waals surface area contributed by atoms with Gasteiger partial charge in [0.05, 0.1) is 5.56 Å². The molecule has 0 fully saturated rings. The summed E-state index contributed by atoms with van der Waals surface area (Å²) in [4.78, 5) is 11.3. The first kappa shape index (κ1) is 11.6. The van der Waals surface area contributed by atoms with E-state index in [4.69, 9.17) is 5.11 Å². The molecule has 0 spiro atoms. The Balaban J connectivity index is 2.65. The molecule has 0 saturated carbocycles. The van der Waals surface area contributed by atoms with Crippen LogP contribution in [0, 0.1) is 11.6 Å². The van der Waals surface area contributed by atoms with Gasteiger partial charge in [-0.25, -0.2) is 8.78 Å². The van der Waals surface area contributed by atoms with Crippen molar-refractivity contribution in [1.82, 2.24) is 5.32 Å². The molecule has 82 valence electrons. The Kier molecular flexibility index (Phi) is 4.17. The zero-order chi connectivity index (χ0) is 11.3. The van der Waals surface area contributed by atoms with Crippen LogP contribution in [0.2, 0.25) is 0 Å². The molecule has 5 heteroatoms.